The molecule has 0 aliphatic rings. The van der Waals surface area contributed by atoms with Crippen LogP contribution in [0.2, 0.25) is 0 Å². The van der Waals surface area contributed by atoms with Crippen LogP contribution < -0.4 is 0 Å². The molecule has 0 amide bonds. The molecular weight excluding hydrogens is 190 g/mol. The Hall–Kier alpha value is -0.710. The van der Waals surface area contributed by atoms with Crippen LogP contribution in [-0.2, 0) is 20.5 Å². The van der Waals surface area contributed by atoms with Crippen molar-refractivity contribution < 1.29 is 13.7 Å². The van der Waals surface area contributed by atoms with E-state index < -0.39 is 21.7 Å². The standard InChI is InChI=1S/C8H15NO3S/c1-5-12-7(10)6-9-13(11)8(2,3)4/h6H,5H2,1-4H3/t13-/m1/s1. The molecule has 13 heavy (non-hydrogen) atoms. The lowest BCUT2D eigenvalue weighted by Crippen LogP contribution is -2.20. The third kappa shape index (κ3) is 5.52. The minimum absolute atomic E-state index is 0.299. The van der Waals surface area contributed by atoms with Gasteiger partial charge in [0.2, 0.25) is 0 Å². The molecule has 0 aromatic rings. The summed E-state index contributed by atoms with van der Waals surface area (Å²) in [6, 6.07) is 0. The van der Waals surface area contributed by atoms with Gasteiger partial charge in [-0.15, -0.1) is 0 Å². The first-order valence-electron chi connectivity index (χ1n) is 4.00. The molecule has 0 fully saturated rings. The van der Waals surface area contributed by atoms with Crippen molar-refractivity contribution >= 4 is 23.2 Å². The van der Waals surface area contributed by atoms with Gasteiger partial charge in [-0.05, 0) is 27.7 Å². The summed E-state index contributed by atoms with van der Waals surface area (Å²) in [7, 11) is -1.39. The van der Waals surface area contributed by atoms with E-state index in [0.717, 1.165) is 6.21 Å². The zero-order chi connectivity index (χ0) is 10.5. The minimum Gasteiger partial charge on any atom is -0.462 e. The summed E-state index contributed by atoms with van der Waals surface area (Å²) in [6.45, 7) is 7.35. The van der Waals surface area contributed by atoms with Crippen LogP contribution >= 0.6 is 0 Å². The average Bonchev–Trinajstić information content (AvgIpc) is 1.99. The molecule has 0 unspecified atom stereocenters. The zero-order valence-electron chi connectivity index (χ0n) is 8.36. The van der Waals surface area contributed by atoms with Gasteiger partial charge >= 0.3 is 5.97 Å². The van der Waals surface area contributed by atoms with Crippen molar-refractivity contribution in [3.8, 4) is 0 Å². The van der Waals surface area contributed by atoms with Crippen molar-refractivity contribution in [1.29, 1.82) is 0 Å². The second kappa shape index (κ2) is 5.11. The molecule has 0 saturated carbocycles. The molecule has 0 aliphatic heterocycles. The lowest BCUT2D eigenvalue weighted by molar-refractivity contribution is -0.134. The molecule has 5 heteroatoms. The van der Waals surface area contributed by atoms with E-state index in [0.29, 0.717) is 6.61 Å². The maximum atomic E-state index is 11.3. The van der Waals surface area contributed by atoms with Crippen molar-refractivity contribution in [1.82, 2.24) is 0 Å². The van der Waals surface area contributed by atoms with Gasteiger partial charge in [0.25, 0.3) is 0 Å². The predicted molar refractivity (Wildman–Crippen MR) is 53.0 cm³/mol. The summed E-state index contributed by atoms with van der Waals surface area (Å²) in [4.78, 5) is 10.8. The first-order chi connectivity index (χ1) is 5.88. The molecule has 0 radical (unpaired) electrons. The molecule has 0 N–H and O–H groups in total. The van der Waals surface area contributed by atoms with Crippen LogP contribution in [0.5, 0.6) is 0 Å². The maximum Gasteiger partial charge on any atom is 0.350 e. The van der Waals surface area contributed by atoms with E-state index in [4.69, 9.17) is 0 Å². The van der Waals surface area contributed by atoms with Crippen molar-refractivity contribution in [3.63, 3.8) is 0 Å². The van der Waals surface area contributed by atoms with Gasteiger partial charge in [-0.1, -0.05) is 0 Å². The van der Waals surface area contributed by atoms with E-state index >= 15 is 0 Å². The molecule has 0 rings (SSSR count). The van der Waals surface area contributed by atoms with Crippen LogP contribution in [0.25, 0.3) is 0 Å². The Labute approximate surface area is 81.0 Å². The molecular formula is C8H15NO3S. The number of nitrogens with zero attached hydrogens (tertiary/aromatic N) is 1. The summed E-state index contributed by atoms with van der Waals surface area (Å²) in [5, 5.41) is 0. The maximum absolute atomic E-state index is 11.3. The summed E-state index contributed by atoms with van der Waals surface area (Å²) in [5.41, 5.74) is 0. The molecule has 0 aliphatic carbocycles. The van der Waals surface area contributed by atoms with Gasteiger partial charge in [0.05, 0.1) is 11.4 Å². The Morgan fingerprint density at radius 1 is 1.54 bits per heavy atom. The first kappa shape index (κ1) is 12.3. The molecule has 0 bridgehead atoms. The fraction of sp³-hybridized carbons (Fsp3) is 0.750. The number of carbonyl (C=O) groups excluding carboxylic acids is 1. The second-order valence-corrected chi connectivity index (χ2v) is 5.28. The topological polar surface area (TPSA) is 55.7 Å². The lowest BCUT2D eigenvalue weighted by atomic mass is 10.3. The fourth-order valence-electron chi connectivity index (χ4n) is 0.429. The summed E-state index contributed by atoms with van der Waals surface area (Å²) in [5.74, 6) is -0.555. The van der Waals surface area contributed by atoms with Gasteiger partial charge in [0, 0.05) is 0 Å². The molecule has 0 saturated heterocycles. The number of rotatable bonds is 3. The quantitative estimate of drug-likeness (QED) is 0.512. The highest BCUT2D eigenvalue weighted by Gasteiger charge is 2.18. The monoisotopic (exact) mass is 205 g/mol. The van der Waals surface area contributed by atoms with Crippen LogP contribution in [0.4, 0.5) is 0 Å². The van der Waals surface area contributed by atoms with Crippen LogP contribution in [0.15, 0.2) is 4.40 Å². The number of esters is 1. The van der Waals surface area contributed by atoms with Crippen molar-refractivity contribution in [2.24, 2.45) is 4.40 Å². The molecule has 4 nitrogen and oxygen atoms in total. The van der Waals surface area contributed by atoms with Crippen LogP contribution in [0, 0.1) is 0 Å². The Morgan fingerprint density at radius 2 is 2.08 bits per heavy atom. The largest absolute Gasteiger partial charge is 0.462 e. The number of hydrogen-bond acceptors (Lipinski definition) is 3. The predicted octanol–water partition coefficient (Wildman–Crippen LogP) is 1.08. The van der Waals surface area contributed by atoms with Crippen LogP contribution in [-0.4, -0.2) is 27.7 Å². The van der Waals surface area contributed by atoms with E-state index in [1.807, 2.05) is 0 Å². The Bertz CT molecular complexity index is 230. The van der Waals surface area contributed by atoms with Crippen molar-refractivity contribution in [2.45, 2.75) is 32.4 Å². The smallest absolute Gasteiger partial charge is 0.350 e. The van der Waals surface area contributed by atoms with Gasteiger partial charge < -0.3 is 4.74 Å². The second-order valence-electron chi connectivity index (χ2n) is 3.35. The van der Waals surface area contributed by atoms with Gasteiger partial charge in [-0.2, -0.15) is 4.40 Å². The summed E-state index contributed by atoms with van der Waals surface area (Å²) < 4.78 is 19.0. The highest BCUT2D eigenvalue weighted by molar-refractivity contribution is 7.85. The number of ether oxygens (including phenoxy) is 1. The molecule has 0 aromatic heterocycles. The highest BCUT2D eigenvalue weighted by Crippen LogP contribution is 2.11. The number of hydrogen-bond donors (Lipinski definition) is 0. The zero-order valence-corrected chi connectivity index (χ0v) is 9.18. The first-order valence-corrected chi connectivity index (χ1v) is 5.11. The van der Waals surface area contributed by atoms with E-state index in [1.165, 1.54) is 0 Å². The highest BCUT2D eigenvalue weighted by atomic mass is 32.2. The SMILES string of the molecule is CCOC(=O)C=N[S@](=O)C(C)(C)C. The van der Waals surface area contributed by atoms with Crippen molar-refractivity contribution in [3.05, 3.63) is 0 Å². The van der Waals surface area contributed by atoms with Gasteiger partial charge in [0.15, 0.2) is 0 Å². The minimum atomic E-state index is -1.39. The summed E-state index contributed by atoms with van der Waals surface area (Å²) in [6.07, 6.45) is 0.963. The van der Waals surface area contributed by atoms with Crippen LogP contribution in [0.3, 0.4) is 0 Å². The lowest BCUT2D eigenvalue weighted by Gasteiger charge is -2.12. The third-order valence-corrected chi connectivity index (χ3v) is 2.41. The number of carbonyl (C=O) groups is 1. The molecule has 0 aromatic carbocycles. The summed E-state index contributed by atoms with van der Waals surface area (Å²) >= 11 is 0. The van der Waals surface area contributed by atoms with Gasteiger partial charge in [-0.25, -0.2) is 9.00 Å². The van der Waals surface area contributed by atoms with E-state index in [2.05, 4.69) is 9.13 Å². The Kier molecular flexibility index (Phi) is 4.83. The van der Waals surface area contributed by atoms with E-state index in [-0.39, 0.29) is 0 Å². The normalized spacial score (nSPS) is 14.5. The Balaban J connectivity index is 4.13. The molecule has 1 atom stereocenters. The van der Waals surface area contributed by atoms with Crippen molar-refractivity contribution in [2.75, 3.05) is 6.61 Å². The fourth-order valence-corrected chi connectivity index (χ4v) is 0.927. The van der Waals surface area contributed by atoms with E-state index in [9.17, 15) is 9.00 Å². The average molecular weight is 205 g/mol. The molecule has 76 valence electrons. The Morgan fingerprint density at radius 3 is 2.46 bits per heavy atom. The molecule has 0 heterocycles. The van der Waals surface area contributed by atoms with Gasteiger partial charge in [-0.3, -0.25) is 0 Å². The van der Waals surface area contributed by atoms with Gasteiger partial charge in [0.1, 0.15) is 17.2 Å². The van der Waals surface area contributed by atoms with Crippen LogP contribution in [0.1, 0.15) is 27.7 Å². The molecule has 0 spiro atoms. The third-order valence-electron chi connectivity index (χ3n) is 1.06. The van der Waals surface area contributed by atoms with E-state index in [1.54, 1.807) is 27.7 Å².